The first-order valence-corrected chi connectivity index (χ1v) is 6.65. The van der Waals surface area contributed by atoms with Gasteiger partial charge < -0.3 is 14.7 Å². The van der Waals surface area contributed by atoms with Gasteiger partial charge in [0.25, 0.3) is 5.89 Å². The Morgan fingerprint density at radius 2 is 1.86 bits per heavy atom. The molecule has 5 nitrogen and oxygen atoms in total. The summed E-state index contributed by atoms with van der Waals surface area (Å²) in [4.78, 5) is 4.13. The van der Waals surface area contributed by atoms with Crippen LogP contribution < -0.4 is 0 Å². The Labute approximate surface area is 126 Å². The minimum absolute atomic E-state index is 0.0682. The minimum atomic E-state index is -0.424. The third kappa shape index (κ3) is 2.59. The van der Waals surface area contributed by atoms with E-state index in [2.05, 4.69) is 26.1 Å². The maximum atomic E-state index is 13.3. The van der Waals surface area contributed by atoms with Gasteiger partial charge >= 0.3 is 0 Å². The van der Waals surface area contributed by atoms with Crippen molar-refractivity contribution >= 4 is 15.9 Å². The summed E-state index contributed by atoms with van der Waals surface area (Å²) < 4.78 is 19.0. The zero-order chi connectivity index (χ0) is 15.0. The van der Waals surface area contributed by atoms with Gasteiger partial charge in [0.1, 0.15) is 17.3 Å². The normalized spacial score (nSPS) is 10.8. The second-order valence-electron chi connectivity index (χ2n) is 4.25. The van der Waals surface area contributed by atoms with Crippen molar-refractivity contribution in [3.8, 4) is 34.3 Å². The number of benzene rings is 2. The molecule has 2 aromatic carbocycles. The van der Waals surface area contributed by atoms with Crippen LogP contribution in [0.4, 0.5) is 4.39 Å². The monoisotopic (exact) mass is 350 g/mol. The number of halogens is 2. The van der Waals surface area contributed by atoms with E-state index >= 15 is 0 Å². The lowest BCUT2D eigenvalue weighted by molar-refractivity contribution is 0.423. The summed E-state index contributed by atoms with van der Waals surface area (Å²) in [5.41, 5.74) is 0.711. The van der Waals surface area contributed by atoms with E-state index in [0.29, 0.717) is 10.0 Å². The molecule has 0 aliphatic heterocycles. The Morgan fingerprint density at radius 3 is 2.62 bits per heavy atom. The molecule has 3 rings (SSSR count). The highest BCUT2D eigenvalue weighted by molar-refractivity contribution is 9.10. The highest BCUT2D eigenvalue weighted by Gasteiger charge is 2.16. The molecule has 0 unspecified atom stereocenters. The zero-order valence-corrected chi connectivity index (χ0v) is 12.0. The predicted molar refractivity (Wildman–Crippen MR) is 76.2 cm³/mol. The molecule has 0 amide bonds. The lowest BCUT2D eigenvalue weighted by Crippen LogP contribution is -1.85. The average molecular weight is 351 g/mol. The first-order valence-electron chi connectivity index (χ1n) is 5.86. The third-order valence-electron chi connectivity index (χ3n) is 2.81. The van der Waals surface area contributed by atoms with E-state index in [1.54, 1.807) is 6.07 Å². The minimum Gasteiger partial charge on any atom is -0.508 e. The van der Waals surface area contributed by atoms with Gasteiger partial charge in [-0.2, -0.15) is 4.98 Å². The van der Waals surface area contributed by atoms with Gasteiger partial charge in [-0.15, -0.1) is 0 Å². The highest BCUT2D eigenvalue weighted by atomic mass is 79.9. The van der Waals surface area contributed by atoms with Gasteiger partial charge in [-0.1, -0.05) is 21.1 Å². The number of aromatic hydroxyl groups is 2. The van der Waals surface area contributed by atoms with Gasteiger partial charge in [0.05, 0.1) is 5.56 Å². The Bertz CT molecular complexity index is 820. The fourth-order valence-corrected chi connectivity index (χ4v) is 2.24. The van der Waals surface area contributed by atoms with Gasteiger partial charge in [-0.25, -0.2) is 4.39 Å². The van der Waals surface area contributed by atoms with Gasteiger partial charge in [0, 0.05) is 16.1 Å². The topological polar surface area (TPSA) is 79.4 Å². The molecule has 0 saturated carbocycles. The predicted octanol–water partition coefficient (Wildman–Crippen LogP) is 3.72. The summed E-state index contributed by atoms with van der Waals surface area (Å²) >= 11 is 3.29. The fraction of sp³-hybridized carbons (Fsp3) is 0. The fourth-order valence-electron chi connectivity index (χ4n) is 1.81. The first kappa shape index (κ1) is 13.6. The Balaban J connectivity index is 2.06. The molecule has 0 saturated heterocycles. The van der Waals surface area contributed by atoms with Crippen LogP contribution in [-0.4, -0.2) is 20.4 Å². The van der Waals surface area contributed by atoms with E-state index in [4.69, 9.17) is 4.52 Å². The molecule has 0 spiro atoms. The smallest absolute Gasteiger partial charge is 0.262 e. The van der Waals surface area contributed by atoms with Crippen molar-refractivity contribution < 1.29 is 19.1 Å². The molecule has 2 N–H and O–H groups in total. The van der Waals surface area contributed by atoms with Gasteiger partial charge in [-0.3, -0.25) is 0 Å². The number of aromatic nitrogens is 2. The maximum absolute atomic E-state index is 13.3. The largest absolute Gasteiger partial charge is 0.508 e. The van der Waals surface area contributed by atoms with E-state index < -0.39 is 5.82 Å². The van der Waals surface area contributed by atoms with Crippen molar-refractivity contribution in [2.45, 2.75) is 0 Å². The lowest BCUT2D eigenvalue weighted by Gasteiger charge is -2.00. The van der Waals surface area contributed by atoms with Crippen molar-refractivity contribution in [1.82, 2.24) is 10.1 Å². The summed E-state index contributed by atoms with van der Waals surface area (Å²) in [5, 5.41) is 22.8. The van der Waals surface area contributed by atoms with Crippen LogP contribution in [0.2, 0.25) is 0 Å². The molecular formula is C14H8BrFN2O3. The number of hydrogen-bond acceptors (Lipinski definition) is 5. The van der Waals surface area contributed by atoms with Crippen LogP contribution in [0, 0.1) is 5.82 Å². The van der Waals surface area contributed by atoms with E-state index in [1.165, 1.54) is 24.3 Å². The van der Waals surface area contributed by atoms with Crippen molar-refractivity contribution in [1.29, 1.82) is 0 Å². The van der Waals surface area contributed by atoms with Crippen molar-refractivity contribution in [3.05, 3.63) is 46.7 Å². The molecule has 106 valence electrons. The second-order valence-corrected chi connectivity index (χ2v) is 5.10. The summed E-state index contributed by atoms with van der Waals surface area (Å²) in [5.74, 6) is -0.443. The van der Waals surface area contributed by atoms with E-state index in [9.17, 15) is 14.6 Å². The van der Waals surface area contributed by atoms with Gasteiger partial charge in [0.2, 0.25) is 5.82 Å². The highest BCUT2D eigenvalue weighted by Crippen LogP contribution is 2.33. The Morgan fingerprint density at radius 1 is 1.05 bits per heavy atom. The molecule has 3 aromatic rings. The third-order valence-corrected chi connectivity index (χ3v) is 3.50. The summed E-state index contributed by atoms with van der Waals surface area (Å²) in [6.45, 7) is 0. The number of phenolic OH excluding ortho intramolecular Hbond substituents is 2. The number of rotatable bonds is 2. The number of nitrogens with zero attached hydrogens (tertiary/aromatic N) is 2. The zero-order valence-electron chi connectivity index (χ0n) is 10.4. The number of hydrogen-bond donors (Lipinski definition) is 2. The molecule has 7 heteroatoms. The first-order chi connectivity index (χ1) is 10.0. The molecule has 0 atom stereocenters. The molecule has 0 fully saturated rings. The second kappa shape index (κ2) is 5.17. The summed E-state index contributed by atoms with van der Waals surface area (Å²) in [6.07, 6.45) is 0. The van der Waals surface area contributed by atoms with Crippen LogP contribution in [0.25, 0.3) is 22.8 Å². The maximum Gasteiger partial charge on any atom is 0.262 e. The molecule has 21 heavy (non-hydrogen) atoms. The molecule has 0 aliphatic rings. The molecule has 0 aliphatic carbocycles. The summed E-state index contributed by atoms with van der Waals surface area (Å²) in [6, 6.07) is 8.12. The standard InChI is InChI=1S/C14H8BrFN2O3/c15-11-4-1-7(16)5-10(11)13-17-14(21-18-13)9-3-2-8(19)6-12(9)20/h1-6,19-20H. The van der Waals surface area contributed by atoms with Crippen molar-refractivity contribution in [3.63, 3.8) is 0 Å². The van der Waals surface area contributed by atoms with Crippen LogP contribution in [0.5, 0.6) is 11.5 Å². The van der Waals surface area contributed by atoms with E-state index in [-0.39, 0.29) is 28.8 Å². The molecular weight excluding hydrogens is 343 g/mol. The van der Waals surface area contributed by atoms with Crippen LogP contribution in [-0.2, 0) is 0 Å². The molecule has 0 bridgehead atoms. The van der Waals surface area contributed by atoms with Crippen molar-refractivity contribution in [2.24, 2.45) is 0 Å². The van der Waals surface area contributed by atoms with Gasteiger partial charge in [0.15, 0.2) is 0 Å². The van der Waals surface area contributed by atoms with Crippen LogP contribution in [0.1, 0.15) is 0 Å². The quantitative estimate of drug-likeness (QED) is 0.736. The Hall–Kier alpha value is -2.41. The Kier molecular flexibility index (Phi) is 3.34. The van der Waals surface area contributed by atoms with Crippen LogP contribution in [0.3, 0.4) is 0 Å². The summed E-state index contributed by atoms with van der Waals surface area (Å²) in [7, 11) is 0. The van der Waals surface area contributed by atoms with E-state index in [0.717, 1.165) is 6.07 Å². The molecule has 1 aromatic heterocycles. The molecule has 1 heterocycles. The number of phenols is 2. The SMILES string of the molecule is Oc1ccc(-c2nc(-c3cc(F)ccc3Br)no2)c(O)c1. The average Bonchev–Trinajstić information content (AvgIpc) is 2.91. The molecule has 0 radical (unpaired) electrons. The van der Waals surface area contributed by atoms with Crippen LogP contribution >= 0.6 is 15.9 Å². The van der Waals surface area contributed by atoms with Crippen LogP contribution in [0.15, 0.2) is 45.4 Å². The lowest BCUT2D eigenvalue weighted by atomic mass is 10.2. The van der Waals surface area contributed by atoms with Gasteiger partial charge in [-0.05, 0) is 30.3 Å². The van der Waals surface area contributed by atoms with Crippen molar-refractivity contribution in [2.75, 3.05) is 0 Å². The van der Waals surface area contributed by atoms with E-state index in [1.807, 2.05) is 0 Å².